The fourth-order valence-corrected chi connectivity index (χ4v) is 4.73. The number of piperidine rings is 1. The minimum absolute atomic E-state index is 0.0824. The van der Waals surface area contributed by atoms with Crippen molar-refractivity contribution in [3.05, 3.63) is 35.0 Å². The van der Waals surface area contributed by atoms with Gasteiger partial charge in [-0.2, -0.15) is 8.78 Å². The van der Waals surface area contributed by atoms with Crippen molar-refractivity contribution in [3.63, 3.8) is 0 Å². The first-order valence-electron chi connectivity index (χ1n) is 9.97. The third kappa shape index (κ3) is 4.01. The van der Waals surface area contributed by atoms with E-state index in [9.17, 15) is 18.7 Å². The van der Waals surface area contributed by atoms with Gasteiger partial charge < -0.3 is 15.2 Å². The number of nitrogens with zero attached hydrogens (tertiary/aromatic N) is 2. The maximum absolute atomic E-state index is 12.5. The van der Waals surface area contributed by atoms with Crippen LogP contribution >= 0.6 is 11.6 Å². The molecule has 1 aromatic carbocycles. The number of hydrogen-bond donors (Lipinski definition) is 2. The average Bonchev–Trinajstić information content (AvgIpc) is 3.07. The molecule has 1 amide bonds. The van der Waals surface area contributed by atoms with Gasteiger partial charge in [0.2, 0.25) is 0 Å². The summed E-state index contributed by atoms with van der Waals surface area (Å²) in [6, 6.07) is 5.35. The molecule has 2 fully saturated rings. The number of alkyl halides is 2. The first-order chi connectivity index (χ1) is 14.3. The molecule has 2 atom stereocenters. The third-order valence-corrected chi connectivity index (χ3v) is 6.66. The number of carbonyl (C=O) groups excluding carboxylic acids is 1. The fraction of sp³-hybridized carbons (Fsp3) is 0.524. The Morgan fingerprint density at radius 1 is 1.33 bits per heavy atom. The molecule has 0 aliphatic carbocycles. The Kier molecular flexibility index (Phi) is 5.94. The highest BCUT2D eigenvalue weighted by atomic mass is 35.5. The molecule has 30 heavy (non-hydrogen) atoms. The lowest BCUT2D eigenvalue weighted by atomic mass is 9.85. The van der Waals surface area contributed by atoms with Crippen LogP contribution in [-0.4, -0.2) is 65.3 Å². The van der Waals surface area contributed by atoms with Gasteiger partial charge >= 0.3 is 6.43 Å². The molecule has 1 aromatic heterocycles. The number of fused-ring (bicyclic) bond motifs is 1. The van der Waals surface area contributed by atoms with E-state index in [1.807, 2.05) is 19.1 Å². The van der Waals surface area contributed by atoms with Crippen molar-refractivity contribution < 1.29 is 23.4 Å². The SMILES string of the molecule is CC1(N2CCC(c3cc4cc(NC(=O)C(F)F)ncc4cc3Cl)CC2)COCC1O. The van der Waals surface area contributed by atoms with Gasteiger partial charge in [-0.25, -0.2) is 4.98 Å². The van der Waals surface area contributed by atoms with Gasteiger partial charge in [-0.3, -0.25) is 9.69 Å². The number of anilines is 1. The Balaban J connectivity index is 1.52. The quantitative estimate of drug-likeness (QED) is 0.763. The van der Waals surface area contributed by atoms with E-state index in [-0.39, 0.29) is 17.3 Å². The van der Waals surface area contributed by atoms with E-state index in [1.165, 1.54) is 6.20 Å². The summed E-state index contributed by atoms with van der Waals surface area (Å²) in [5.74, 6) is -1.05. The zero-order chi connectivity index (χ0) is 21.5. The van der Waals surface area contributed by atoms with Crippen LogP contribution < -0.4 is 5.32 Å². The number of nitrogens with one attached hydrogen (secondary N) is 1. The van der Waals surface area contributed by atoms with Gasteiger partial charge in [0.15, 0.2) is 0 Å². The summed E-state index contributed by atoms with van der Waals surface area (Å²) in [6.45, 7) is 4.57. The topological polar surface area (TPSA) is 74.7 Å². The highest BCUT2D eigenvalue weighted by Crippen LogP contribution is 2.38. The van der Waals surface area contributed by atoms with Crippen molar-refractivity contribution in [2.75, 3.05) is 31.6 Å². The number of carbonyl (C=O) groups is 1. The summed E-state index contributed by atoms with van der Waals surface area (Å²) in [6.07, 6.45) is -0.315. The monoisotopic (exact) mass is 439 g/mol. The molecule has 2 saturated heterocycles. The summed E-state index contributed by atoms with van der Waals surface area (Å²) in [5.41, 5.74) is 0.635. The van der Waals surface area contributed by atoms with Gasteiger partial charge in [0.1, 0.15) is 5.82 Å². The normalized spacial score (nSPS) is 25.9. The van der Waals surface area contributed by atoms with E-state index in [0.717, 1.165) is 42.3 Å². The third-order valence-electron chi connectivity index (χ3n) is 6.33. The van der Waals surface area contributed by atoms with Crippen molar-refractivity contribution in [2.45, 2.75) is 43.8 Å². The molecule has 2 aliphatic heterocycles. The Labute approximate surface area is 178 Å². The molecule has 6 nitrogen and oxygen atoms in total. The number of pyridine rings is 1. The van der Waals surface area contributed by atoms with E-state index in [0.29, 0.717) is 18.2 Å². The first-order valence-corrected chi connectivity index (χ1v) is 10.3. The number of hydrogen-bond acceptors (Lipinski definition) is 5. The number of benzene rings is 1. The van der Waals surface area contributed by atoms with E-state index in [1.54, 1.807) is 6.07 Å². The minimum atomic E-state index is -3.10. The Morgan fingerprint density at radius 2 is 2.07 bits per heavy atom. The number of rotatable bonds is 4. The lowest BCUT2D eigenvalue weighted by molar-refractivity contribution is -0.126. The predicted octanol–water partition coefficient (Wildman–Crippen LogP) is 3.42. The number of aliphatic hydroxyl groups excluding tert-OH is 1. The van der Waals surface area contributed by atoms with E-state index in [4.69, 9.17) is 16.3 Å². The van der Waals surface area contributed by atoms with Gasteiger partial charge in [-0.15, -0.1) is 0 Å². The Morgan fingerprint density at radius 3 is 2.70 bits per heavy atom. The molecule has 4 rings (SSSR count). The molecular formula is C21H24ClF2N3O3. The van der Waals surface area contributed by atoms with E-state index >= 15 is 0 Å². The number of amides is 1. The number of aliphatic hydroxyl groups is 1. The van der Waals surface area contributed by atoms with Crippen molar-refractivity contribution in [1.29, 1.82) is 0 Å². The predicted molar refractivity (Wildman–Crippen MR) is 110 cm³/mol. The molecule has 162 valence electrons. The second-order valence-corrected chi connectivity index (χ2v) is 8.64. The summed E-state index contributed by atoms with van der Waals surface area (Å²) < 4.78 is 30.5. The smallest absolute Gasteiger partial charge is 0.315 e. The molecule has 2 unspecified atom stereocenters. The molecule has 2 aromatic rings. The zero-order valence-electron chi connectivity index (χ0n) is 16.6. The number of aromatic nitrogens is 1. The highest BCUT2D eigenvalue weighted by molar-refractivity contribution is 6.32. The van der Waals surface area contributed by atoms with E-state index < -0.39 is 18.4 Å². The van der Waals surface area contributed by atoms with Crippen molar-refractivity contribution in [1.82, 2.24) is 9.88 Å². The maximum atomic E-state index is 12.5. The minimum Gasteiger partial charge on any atom is -0.389 e. The van der Waals surface area contributed by atoms with Crippen LogP contribution in [0.3, 0.4) is 0 Å². The summed E-state index contributed by atoms with van der Waals surface area (Å²) in [4.78, 5) is 17.6. The van der Waals surface area contributed by atoms with E-state index in [2.05, 4.69) is 15.2 Å². The Hall–Kier alpha value is -1.87. The second-order valence-electron chi connectivity index (χ2n) is 8.23. The van der Waals surface area contributed by atoms with Crippen LogP contribution in [0.25, 0.3) is 10.8 Å². The zero-order valence-corrected chi connectivity index (χ0v) is 17.3. The molecule has 0 radical (unpaired) electrons. The molecule has 2 N–H and O–H groups in total. The average molecular weight is 440 g/mol. The van der Waals surface area contributed by atoms with Gasteiger partial charge in [-0.05, 0) is 67.9 Å². The molecule has 3 heterocycles. The number of ether oxygens (including phenoxy) is 1. The van der Waals surface area contributed by atoms with Crippen molar-refractivity contribution >= 4 is 34.1 Å². The molecule has 9 heteroatoms. The highest BCUT2D eigenvalue weighted by Gasteiger charge is 2.45. The summed E-state index contributed by atoms with van der Waals surface area (Å²) in [7, 11) is 0. The van der Waals surface area contributed by atoms with Gasteiger partial charge in [-0.1, -0.05) is 11.6 Å². The molecule has 0 spiro atoms. The second kappa shape index (κ2) is 8.34. The lowest BCUT2D eigenvalue weighted by Crippen LogP contribution is -2.56. The van der Waals surface area contributed by atoms with Crippen LogP contribution in [0.15, 0.2) is 24.4 Å². The van der Waals surface area contributed by atoms with Gasteiger partial charge in [0, 0.05) is 16.6 Å². The van der Waals surface area contributed by atoms with Crippen molar-refractivity contribution in [2.24, 2.45) is 0 Å². The van der Waals surface area contributed by atoms with Crippen LogP contribution in [-0.2, 0) is 9.53 Å². The molecule has 2 aliphatic rings. The summed E-state index contributed by atoms with van der Waals surface area (Å²) >= 11 is 6.55. The summed E-state index contributed by atoms with van der Waals surface area (Å²) in [5, 5.41) is 14.6. The maximum Gasteiger partial charge on any atom is 0.315 e. The lowest BCUT2D eigenvalue weighted by Gasteiger charge is -2.43. The molecular weight excluding hydrogens is 416 g/mol. The number of halogens is 3. The first kappa shape index (κ1) is 21.4. The Bertz CT molecular complexity index is 952. The number of likely N-dealkylation sites (tertiary alicyclic amines) is 1. The van der Waals surface area contributed by atoms with Crippen LogP contribution in [0, 0.1) is 0 Å². The van der Waals surface area contributed by atoms with Gasteiger partial charge in [0.05, 0.1) is 24.9 Å². The van der Waals surface area contributed by atoms with Crippen LogP contribution in [0.4, 0.5) is 14.6 Å². The van der Waals surface area contributed by atoms with Crippen LogP contribution in [0.5, 0.6) is 0 Å². The van der Waals surface area contributed by atoms with Gasteiger partial charge in [0.25, 0.3) is 5.91 Å². The van der Waals surface area contributed by atoms with Crippen molar-refractivity contribution in [3.8, 4) is 0 Å². The standard InChI is InChI=1S/C21H24ClF2N3O3/c1-21(11-30-10-17(21)28)27-4-2-12(3-5-27)15-6-13-8-18(26-20(29)19(23)24)25-9-14(13)7-16(15)22/h6-9,12,17,19,28H,2-5,10-11H2,1H3,(H,25,26,29). The fourth-order valence-electron chi connectivity index (χ4n) is 4.40. The van der Waals surface area contributed by atoms with Crippen LogP contribution in [0.1, 0.15) is 31.2 Å². The molecule has 0 bridgehead atoms. The largest absolute Gasteiger partial charge is 0.389 e. The molecule has 0 saturated carbocycles. The van der Waals surface area contributed by atoms with Crippen LogP contribution in [0.2, 0.25) is 5.02 Å².